The van der Waals surface area contributed by atoms with Crippen LogP contribution in [0.15, 0.2) is 79.0 Å². The van der Waals surface area contributed by atoms with Crippen molar-refractivity contribution in [3.8, 4) is 6.07 Å². The minimum atomic E-state index is -3.03. The van der Waals surface area contributed by atoms with E-state index in [0.29, 0.717) is 40.6 Å². The van der Waals surface area contributed by atoms with Crippen molar-refractivity contribution in [3.05, 3.63) is 107 Å². The highest BCUT2D eigenvalue weighted by Gasteiger charge is 2.34. The molecule has 1 saturated heterocycles. The Morgan fingerprint density at radius 3 is 2.45 bits per heavy atom. The summed E-state index contributed by atoms with van der Waals surface area (Å²) in [6.45, 7) is 0.556. The Bertz CT molecular complexity index is 1630. The largest absolute Gasteiger partial charge is 0.360 e. The number of ketones is 1. The second-order valence-electron chi connectivity index (χ2n) is 9.43. The molecule has 0 saturated carbocycles. The molecule has 0 aliphatic carbocycles. The van der Waals surface area contributed by atoms with Gasteiger partial charge < -0.3 is 15.6 Å². The van der Waals surface area contributed by atoms with Crippen molar-refractivity contribution in [1.29, 1.82) is 5.26 Å². The number of sulfone groups is 1. The normalized spacial score (nSPS) is 15.3. The number of benzene rings is 3. The number of nitrogens with one attached hydrogen (secondary N) is 3. The van der Waals surface area contributed by atoms with Gasteiger partial charge in [-0.25, -0.2) is 8.42 Å². The van der Waals surface area contributed by atoms with Crippen molar-refractivity contribution >= 4 is 32.4 Å². The molecule has 1 aromatic heterocycles. The van der Waals surface area contributed by atoms with Crippen LogP contribution in [0.5, 0.6) is 0 Å². The zero-order chi connectivity index (χ0) is 26.7. The molecule has 9 heteroatoms. The summed E-state index contributed by atoms with van der Waals surface area (Å²) < 4.78 is 22.7. The first-order valence-electron chi connectivity index (χ1n) is 12.3. The maximum atomic E-state index is 13.8. The molecular weight excluding hydrogens is 500 g/mol. The third-order valence-corrected chi connectivity index (χ3v) is 8.52. The Morgan fingerprint density at radius 2 is 1.76 bits per heavy atom. The van der Waals surface area contributed by atoms with Crippen LogP contribution in [0.25, 0.3) is 10.9 Å². The van der Waals surface area contributed by atoms with Crippen LogP contribution >= 0.6 is 0 Å². The first-order chi connectivity index (χ1) is 18.3. The molecule has 8 nitrogen and oxygen atoms in total. The topological polar surface area (TPSA) is 132 Å². The smallest absolute Gasteiger partial charge is 0.251 e. The highest BCUT2D eigenvalue weighted by atomic mass is 32.2. The number of carbonyl (C=O) groups excluding carboxylic acids is 2. The number of H-pyrrole nitrogens is 1. The minimum absolute atomic E-state index is 0.0405. The fourth-order valence-corrected chi connectivity index (χ4v) is 5.95. The summed E-state index contributed by atoms with van der Waals surface area (Å²) in [4.78, 5) is 29.5. The van der Waals surface area contributed by atoms with Crippen LogP contribution in [-0.4, -0.2) is 49.2 Å². The molecule has 2 heterocycles. The van der Waals surface area contributed by atoms with E-state index >= 15 is 0 Å². The maximum absolute atomic E-state index is 13.8. The van der Waals surface area contributed by atoms with Crippen LogP contribution in [-0.2, 0) is 16.3 Å². The summed E-state index contributed by atoms with van der Waals surface area (Å²) in [6.07, 6.45) is 2.35. The number of nitriles is 1. The van der Waals surface area contributed by atoms with Crippen molar-refractivity contribution in [1.82, 2.24) is 15.6 Å². The van der Waals surface area contributed by atoms with Crippen LogP contribution in [0.1, 0.15) is 43.4 Å². The van der Waals surface area contributed by atoms with Gasteiger partial charge in [0.05, 0.1) is 35.2 Å². The first kappa shape index (κ1) is 25.4. The molecule has 3 N–H and O–H groups in total. The molecular formula is C29H26N4O4S. The van der Waals surface area contributed by atoms with Gasteiger partial charge in [0, 0.05) is 34.8 Å². The molecule has 5 rings (SSSR count). The SMILES string of the molecule is N#Cc1ccc(CCN[C@@H](C(=O)c2c[nH]c3cc(C(=O)NC4CS(=O)(=O)C4)ccc23)c2ccccc2)cc1. The van der Waals surface area contributed by atoms with Gasteiger partial charge in [-0.05, 0) is 41.8 Å². The molecule has 1 amide bonds. The number of aromatic amines is 1. The van der Waals surface area contributed by atoms with Crippen molar-refractivity contribution in [2.45, 2.75) is 18.5 Å². The van der Waals surface area contributed by atoms with Crippen molar-refractivity contribution in [3.63, 3.8) is 0 Å². The molecule has 0 radical (unpaired) electrons. The van der Waals surface area contributed by atoms with Crippen molar-refractivity contribution in [2.75, 3.05) is 18.1 Å². The molecule has 1 aliphatic rings. The Morgan fingerprint density at radius 1 is 1.03 bits per heavy atom. The molecule has 1 fully saturated rings. The number of amides is 1. The van der Waals surface area contributed by atoms with Gasteiger partial charge in [0.15, 0.2) is 15.6 Å². The molecule has 0 bridgehead atoms. The highest BCUT2D eigenvalue weighted by Crippen LogP contribution is 2.26. The molecule has 3 aromatic carbocycles. The molecule has 1 aliphatic heterocycles. The van der Waals surface area contributed by atoms with Crippen molar-refractivity contribution in [2.24, 2.45) is 0 Å². The van der Waals surface area contributed by atoms with Crippen LogP contribution in [0.2, 0.25) is 0 Å². The zero-order valence-corrected chi connectivity index (χ0v) is 21.3. The second-order valence-corrected chi connectivity index (χ2v) is 11.6. The number of hydrogen-bond acceptors (Lipinski definition) is 6. The van der Waals surface area contributed by atoms with Gasteiger partial charge in [0.1, 0.15) is 0 Å². The zero-order valence-electron chi connectivity index (χ0n) is 20.5. The van der Waals surface area contributed by atoms with Gasteiger partial charge in [-0.1, -0.05) is 48.5 Å². The summed E-state index contributed by atoms with van der Waals surface area (Å²) in [6, 6.07) is 23.1. The van der Waals surface area contributed by atoms with Gasteiger partial charge in [0.2, 0.25) is 0 Å². The van der Waals surface area contributed by atoms with Crippen LogP contribution in [0.4, 0.5) is 0 Å². The van der Waals surface area contributed by atoms with Gasteiger partial charge in [-0.15, -0.1) is 0 Å². The van der Waals surface area contributed by atoms with Gasteiger partial charge in [-0.3, -0.25) is 9.59 Å². The maximum Gasteiger partial charge on any atom is 0.251 e. The predicted molar refractivity (Wildman–Crippen MR) is 145 cm³/mol. The van der Waals surface area contributed by atoms with E-state index < -0.39 is 15.9 Å². The Labute approximate surface area is 220 Å². The summed E-state index contributed by atoms with van der Waals surface area (Å²) in [5.74, 6) is -0.525. The average Bonchev–Trinajstić information content (AvgIpc) is 3.34. The molecule has 4 aromatic rings. The van der Waals surface area contributed by atoms with Gasteiger partial charge in [-0.2, -0.15) is 5.26 Å². The van der Waals surface area contributed by atoms with E-state index in [4.69, 9.17) is 5.26 Å². The molecule has 0 unspecified atom stereocenters. The third-order valence-electron chi connectivity index (χ3n) is 6.70. The first-order valence-corrected chi connectivity index (χ1v) is 14.1. The summed E-state index contributed by atoms with van der Waals surface area (Å²) >= 11 is 0. The lowest BCUT2D eigenvalue weighted by atomic mass is 9.96. The fourth-order valence-electron chi connectivity index (χ4n) is 4.66. The second kappa shape index (κ2) is 10.6. The number of nitrogens with zero attached hydrogens (tertiary/aromatic N) is 1. The molecule has 38 heavy (non-hydrogen) atoms. The highest BCUT2D eigenvalue weighted by molar-refractivity contribution is 7.92. The standard InChI is InChI=1S/C29H26N4O4S/c30-15-20-8-6-19(7-9-20)12-13-31-27(21-4-2-1-3-5-21)28(34)25-16-32-26-14-22(10-11-24(25)26)29(35)33-23-17-38(36,37)18-23/h1-11,14,16,23,27,31-32H,12-13,17-18H2,(H,33,35)/t27-/m1/s1. The summed E-state index contributed by atoms with van der Waals surface area (Å²) in [5.41, 5.74) is 4.06. The summed E-state index contributed by atoms with van der Waals surface area (Å²) in [5, 5.41) is 15.8. The van der Waals surface area contributed by atoms with Gasteiger partial charge in [0.25, 0.3) is 5.91 Å². The number of hydrogen-bond donors (Lipinski definition) is 3. The average molecular weight is 527 g/mol. The van der Waals surface area contributed by atoms with Gasteiger partial charge >= 0.3 is 0 Å². The van der Waals surface area contributed by atoms with Crippen LogP contribution in [0, 0.1) is 11.3 Å². The van der Waals surface area contributed by atoms with E-state index in [-0.39, 0.29) is 29.2 Å². The lowest BCUT2D eigenvalue weighted by Gasteiger charge is -2.26. The van der Waals surface area contributed by atoms with E-state index in [1.807, 2.05) is 42.5 Å². The van der Waals surface area contributed by atoms with Crippen LogP contribution in [0.3, 0.4) is 0 Å². The van der Waals surface area contributed by atoms with Crippen molar-refractivity contribution < 1.29 is 18.0 Å². The number of Topliss-reactive ketones (excluding diaryl/α,β-unsaturated/α-hetero) is 1. The lowest BCUT2D eigenvalue weighted by Crippen LogP contribution is -2.52. The monoisotopic (exact) mass is 526 g/mol. The third kappa shape index (κ3) is 5.52. The number of carbonyl (C=O) groups is 2. The van der Waals surface area contributed by atoms with E-state index in [1.54, 1.807) is 36.5 Å². The summed E-state index contributed by atoms with van der Waals surface area (Å²) in [7, 11) is -3.03. The van der Waals surface area contributed by atoms with E-state index in [1.165, 1.54) is 0 Å². The molecule has 1 atom stereocenters. The Balaban J connectivity index is 1.33. The molecule has 192 valence electrons. The number of fused-ring (bicyclic) bond motifs is 1. The minimum Gasteiger partial charge on any atom is -0.360 e. The quantitative estimate of drug-likeness (QED) is 0.287. The van der Waals surface area contributed by atoms with E-state index in [2.05, 4.69) is 21.7 Å². The predicted octanol–water partition coefficient (Wildman–Crippen LogP) is 3.32. The van der Waals surface area contributed by atoms with Crippen LogP contribution < -0.4 is 10.6 Å². The Hall–Kier alpha value is -4.26. The van der Waals surface area contributed by atoms with E-state index in [9.17, 15) is 18.0 Å². The number of aromatic nitrogens is 1. The van der Waals surface area contributed by atoms with E-state index in [0.717, 1.165) is 11.1 Å². The fraction of sp³-hybridized carbons (Fsp3) is 0.207. The number of rotatable bonds is 9. The lowest BCUT2D eigenvalue weighted by molar-refractivity contribution is 0.0935. The molecule has 0 spiro atoms. The Kier molecular flexibility index (Phi) is 7.09.